The summed E-state index contributed by atoms with van der Waals surface area (Å²) in [5, 5.41) is 0. The Hall–Kier alpha value is -3.73. The first-order chi connectivity index (χ1) is 14.8. The van der Waals surface area contributed by atoms with Gasteiger partial charge in [0, 0.05) is 26.5 Å². The number of fused-ring (bicyclic) bond motifs is 1. The van der Waals surface area contributed by atoms with Crippen LogP contribution in [0.1, 0.15) is 26.5 Å². The van der Waals surface area contributed by atoms with E-state index in [1.165, 1.54) is 24.6 Å². The number of benzene rings is 1. The molecule has 11 nitrogen and oxygen atoms in total. The van der Waals surface area contributed by atoms with E-state index in [-0.39, 0.29) is 18.6 Å². The molecule has 162 valence electrons. The molecule has 0 bridgehead atoms. The van der Waals surface area contributed by atoms with Crippen LogP contribution in [0.15, 0.2) is 40.1 Å². The topological polar surface area (TPSA) is 145 Å². The molecule has 11 heteroatoms. The monoisotopic (exact) mass is 428 g/mol. The fourth-order valence-corrected chi connectivity index (χ4v) is 3.51. The van der Waals surface area contributed by atoms with Crippen molar-refractivity contribution >= 4 is 23.0 Å². The van der Waals surface area contributed by atoms with E-state index in [1.54, 1.807) is 6.07 Å². The molecule has 1 fully saturated rings. The number of esters is 2. The zero-order valence-electron chi connectivity index (χ0n) is 16.8. The summed E-state index contributed by atoms with van der Waals surface area (Å²) in [6, 6.07) is 7.27. The average molecular weight is 428 g/mol. The molecule has 3 atom stereocenters. The Bertz CT molecular complexity index is 1230. The van der Waals surface area contributed by atoms with Crippen LogP contribution < -0.4 is 11.2 Å². The van der Waals surface area contributed by atoms with Gasteiger partial charge in [0.05, 0.1) is 16.6 Å². The normalized spacial score (nSPS) is 20.6. The number of imidazole rings is 1. The third kappa shape index (κ3) is 4.26. The Kier molecular flexibility index (Phi) is 5.42. The van der Waals surface area contributed by atoms with Gasteiger partial charge in [0.1, 0.15) is 30.9 Å². The molecule has 1 aliphatic heterocycles. The summed E-state index contributed by atoms with van der Waals surface area (Å²) in [7, 11) is 0. The summed E-state index contributed by atoms with van der Waals surface area (Å²) in [6.45, 7) is 2.36. The fraction of sp³-hybridized carbons (Fsp3) is 0.350. The van der Waals surface area contributed by atoms with E-state index in [2.05, 4.69) is 15.0 Å². The van der Waals surface area contributed by atoms with Crippen LogP contribution in [0.2, 0.25) is 0 Å². The molecule has 2 N–H and O–H groups in total. The van der Waals surface area contributed by atoms with Gasteiger partial charge in [-0.1, -0.05) is 12.1 Å². The third-order valence-electron chi connectivity index (χ3n) is 4.87. The summed E-state index contributed by atoms with van der Waals surface area (Å²) >= 11 is 0. The molecule has 31 heavy (non-hydrogen) atoms. The van der Waals surface area contributed by atoms with Gasteiger partial charge in [-0.2, -0.15) is 0 Å². The molecule has 1 aliphatic rings. The van der Waals surface area contributed by atoms with Gasteiger partial charge in [-0.15, -0.1) is 0 Å². The molecule has 2 aromatic heterocycles. The number of aromatic nitrogens is 4. The van der Waals surface area contributed by atoms with E-state index in [0.29, 0.717) is 11.3 Å². The van der Waals surface area contributed by atoms with Gasteiger partial charge in [-0.05, 0) is 12.1 Å². The number of hydrogen-bond donors (Lipinski definition) is 2. The number of carbonyl (C=O) groups excluding carboxylic acids is 2. The van der Waals surface area contributed by atoms with E-state index >= 15 is 0 Å². The maximum absolute atomic E-state index is 12.5. The van der Waals surface area contributed by atoms with Crippen LogP contribution in [0.25, 0.3) is 22.4 Å². The van der Waals surface area contributed by atoms with Gasteiger partial charge in [0.25, 0.3) is 5.56 Å². The maximum atomic E-state index is 12.5. The molecule has 3 aromatic rings. The van der Waals surface area contributed by atoms with Gasteiger partial charge in [0.2, 0.25) is 0 Å². The number of H-pyrrole nitrogens is 2. The van der Waals surface area contributed by atoms with Gasteiger partial charge in [-0.3, -0.25) is 23.9 Å². The van der Waals surface area contributed by atoms with Crippen LogP contribution in [0.5, 0.6) is 0 Å². The van der Waals surface area contributed by atoms with Crippen LogP contribution >= 0.6 is 0 Å². The first-order valence-corrected chi connectivity index (χ1v) is 9.58. The first-order valence-electron chi connectivity index (χ1n) is 9.58. The Morgan fingerprint density at radius 2 is 1.97 bits per heavy atom. The molecule has 1 saturated heterocycles. The molecule has 0 spiro atoms. The van der Waals surface area contributed by atoms with Crippen molar-refractivity contribution in [1.29, 1.82) is 0 Å². The predicted molar refractivity (Wildman–Crippen MR) is 107 cm³/mol. The largest absolute Gasteiger partial charge is 0.463 e. The van der Waals surface area contributed by atoms with Crippen molar-refractivity contribution in [2.45, 2.75) is 38.7 Å². The number of ether oxygens (including phenoxy) is 3. The highest BCUT2D eigenvalue weighted by atomic mass is 16.6. The van der Waals surface area contributed by atoms with Crippen LogP contribution in [-0.4, -0.2) is 50.3 Å². The van der Waals surface area contributed by atoms with Crippen molar-refractivity contribution in [1.82, 2.24) is 19.5 Å². The van der Waals surface area contributed by atoms with Crippen molar-refractivity contribution in [2.24, 2.45) is 0 Å². The molecule has 0 unspecified atom stereocenters. The van der Waals surface area contributed by atoms with Crippen molar-refractivity contribution in [3.8, 4) is 11.4 Å². The molecule has 0 aliphatic carbocycles. The van der Waals surface area contributed by atoms with Crippen LogP contribution in [-0.2, 0) is 23.8 Å². The van der Waals surface area contributed by atoms with E-state index < -0.39 is 41.6 Å². The number of para-hydroxylation sites is 2. The van der Waals surface area contributed by atoms with Gasteiger partial charge in [0.15, 0.2) is 0 Å². The molecular weight excluding hydrogens is 408 g/mol. The summed E-state index contributed by atoms with van der Waals surface area (Å²) in [5.74, 6) is -0.747. The minimum atomic E-state index is -0.850. The lowest BCUT2D eigenvalue weighted by molar-refractivity contribution is -0.155. The minimum absolute atomic E-state index is 0.136. The highest BCUT2D eigenvalue weighted by Crippen LogP contribution is 2.31. The average Bonchev–Trinajstić information content (AvgIpc) is 3.30. The van der Waals surface area contributed by atoms with Crippen molar-refractivity contribution in [3.05, 3.63) is 51.3 Å². The second-order valence-electron chi connectivity index (χ2n) is 7.13. The van der Waals surface area contributed by atoms with E-state index in [0.717, 1.165) is 5.52 Å². The Morgan fingerprint density at radius 1 is 1.19 bits per heavy atom. The van der Waals surface area contributed by atoms with E-state index in [4.69, 9.17) is 14.2 Å². The number of aromatic amines is 2. The van der Waals surface area contributed by atoms with Crippen molar-refractivity contribution < 1.29 is 23.8 Å². The highest BCUT2D eigenvalue weighted by molar-refractivity contribution is 5.78. The third-order valence-corrected chi connectivity index (χ3v) is 4.87. The zero-order chi connectivity index (χ0) is 22.1. The summed E-state index contributed by atoms with van der Waals surface area (Å²) in [5.41, 5.74) is 0.258. The van der Waals surface area contributed by atoms with Gasteiger partial charge in [-0.25, -0.2) is 9.78 Å². The molecule has 1 aromatic carbocycles. The molecule has 0 amide bonds. The number of rotatable bonds is 5. The second-order valence-corrected chi connectivity index (χ2v) is 7.13. The maximum Gasteiger partial charge on any atom is 0.330 e. The molecule has 0 radical (unpaired) electrons. The highest BCUT2D eigenvalue weighted by Gasteiger charge is 2.39. The lowest BCUT2D eigenvalue weighted by Crippen LogP contribution is -2.33. The summed E-state index contributed by atoms with van der Waals surface area (Å²) in [6.07, 6.45) is -0.849. The van der Waals surface area contributed by atoms with Gasteiger partial charge >= 0.3 is 17.6 Å². The lowest BCUT2D eigenvalue weighted by atomic mass is 10.2. The minimum Gasteiger partial charge on any atom is -0.463 e. The van der Waals surface area contributed by atoms with Crippen LogP contribution in [0.4, 0.5) is 0 Å². The van der Waals surface area contributed by atoms with Crippen LogP contribution in [0, 0.1) is 0 Å². The smallest absolute Gasteiger partial charge is 0.330 e. The first kappa shape index (κ1) is 20.5. The summed E-state index contributed by atoms with van der Waals surface area (Å²) < 4.78 is 17.3. The Balaban J connectivity index is 1.68. The van der Waals surface area contributed by atoms with E-state index in [1.807, 2.05) is 18.2 Å². The summed E-state index contributed by atoms with van der Waals surface area (Å²) in [4.78, 5) is 57.3. The molecule has 0 saturated carbocycles. The number of hydrogen-bond acceptors (Lipinski definition) is 8. The van der Waals surface area contributed by atoms with Crippen molar-refractivity contribution in [2.75, 3.05) is 6.61 Å². The number of carbonyl (C=O) groups is 2. The van der Waals surface area contributed by atoms with Crippen molar-refractivity contribution in [3.63, 3.8) is 0 Å². The molecule has 3 heterocycles. The fourth-order valence-electron chi connectivity index (χ4n) is 3.51. The molecule has 4 rings (SSSR count). The predicted octanol–water partition coefficient (Wildman–Crippen LogP) is 0.862. The number of nitrogens with one attached hydrogen (secondary N) is 2. The van der Waals surface area contributed by atoms with E-state index in [9.17, 15) is 19.2 Å². The Morgan fingerprint density at radius 3 is 2.68 bits per heavy atom. The lowest BCUT2D eigenvalue weighted by Gasteiger charge is -2.17. The quantitative estimate of drug-likeness (QED) is 0.569. The Labute approximate surface area is 175 Å². The number of nitrogens with zero attached hydrogens (tertiary/aromatic N) is 2. The van der Waals surface area contributed by atoms with Gasteiger partial charge < -0.3 is 19.2 Å². The second kappa shape index (κ2) is 8.19. The SMILES string of the molecule is CC(=O)OC[C@H]1O[C@@H](n2cc(-c3nc4ccccc4[nH]3)c(=O)[nH]c2=O)C[C@@H]1OC(C)=O. The zero-order valence-corrected chi connectivity index (χ0v) is 16.8. The van der Waals surface area contributed by atoms with Crippen LogP contribution in [0.3, 0.4) is 0 Å². The molecular formula is C20H20N4O7. The standard InChI is InChI=1S/C20H20N4O7/c1-10(25)29-9-16-15(30-11(2)26)7-17(31-16)24-8-12(19(27)23-20(24)28)18-21-13-5-3-4-6-14(13)22-18/h3-6,8,15-17H,7,9H2,1-2H3,(H,21,22)(H,23,27,28)/t15-,16+,17+/m0/s1.